The third-order valence-corrected chi connectivity index (χ3v) is 9.07. The summed E-state index contributed by atoms with van der Waals surface area (Å²) in [5.41, 5.74) is 10.6. The van der Waals surface area contributed by atoms with E-state index < -0.39 is 0 Å². The highest BCUT2D eigenvalue weighted by Crippen LogP contribution is 2.34. The van der Waals surface area contributed by atoms with Crippen LogP contribution >= 0.6 is 0 Å². The van der Waals surface area contributed by atoms with Crippen LogP contribution in [0.3, 0.4) is 0 Å². The minimum Gasteiger partial charge on any atom is -0.254 e. The zero-order valence-corrected chi connectivity index (χ0v) is 25.0. The van der Waals surface area contributed by atoms with Crippen molar-refractivity contribution < 1.29 is 0 Å². The van der Waals surface area contributed by atoms with E-state index in [0.29, 0.717) is 0 Å². The van der Waals surface area contributed by atoms with Crippen LogP contribution in [0.15, 0.2) is 140 Å². The van der Waals surface area contributed by atoms with Gasteiger partial charge in [0.1, 0.15) is 0 Å². The molecule has 9 rings (SSSR count). The van der Waals surface area contributed by atoms with Crippen molar-refractivity contribution in [1.29, 1.82) is 0 Å². The summed E-state index contributed by atoms with van der Waals surface area (Å²) in [6, 6.07) is 44.7. The molecule has 216 valence electrons. The van der Waals surface area contributed by atoms with Crippen molar-refractivity contribution in [2.45, 2.75) is 12.3 Å². The van der Waals surface area contributed by atoms with Gasteiger partial charge in [0, 0.05) is 45.6 Å². The zero-order valence-electron chi connectivity index (χ0n) is 25.0. The summed E-state index contributed by atoms with van der Waals surface area (Å²) in [6.07, 6.45) is 9.23. The molecule has 1 aliphatic rings. The van der Waals surface area contributed by atoms with E-state index in [4.69, 9.17) is 9.97 Å². The quantitative estimate of drug-likeness (QED) is 0.194. The molecule has 4 heterocycles. The van der Waals surface area contributed by atoms with Crippen molar-refractivity contribution in [3.8, 4) is 33.6 Å². The number of rotatable bonds is 4. The number of hydrogen-bond donors (Lipinski definition) is 0. The Morgan fingerprint density at radius 2 is 1.28 bits per heavy atom. The molecule has 0 bridgehead atoms. The van der Waals surface area contributed by atoms with Crippen LogP contribution < -0.4 is 10.6 Å². The lowest BCUT2D eigenvalue weighted by Gasteiger charge is -2.15. The lowest BCUT2D eigenvalue weighted by Crippen LogP contribution is -2.31. The summed E-state index contributed by atoms with van der Waals surface area (Å²) in [7, 11) is 0. The molecule has 1 atom stereocenters. The number of benzene rings is 4. The highest BCUT2D eigenvalue weighted by atomic mass is 14.7. The fraction of sp³-hybridized carbons (Fsp3) is 0.0476. The van der Waals surface area contributed by atoms with Crippen molar-refractivity contribution in [3.63, 3.8) is 0 Å². The molecule has 0 saturated carbocycles. The van der Waals surface area contributed by atoms with Gasteiger partial charge in [0.2, 0.25) is 0 Å². The van der Waals surface area contributed by atoms with Gasteiger partial charge in [-0.3, -0.25) is 9.97 Å². The molecule has 0 fully saturated rings. The first-order chi connectivity index (χ1) is 22.8. The maximum absolute atomic E-state index is 5.13. The Hall–Kier alpha value is -6.00. The van der Waals surface area contributed by atoms with Crippen LogP contribution in [0.2, 0.25) is 0 Å². The third kappa shape index (κ3) is 4.63. The molecule has 4 aromatic carbocycles. The normalized spacial score (nSPS) is 14.1. The van der Waals surface area contributed by atoms with Gasteiger partial charge in [-0.1, -0.05) is 103 Å². The van der Waals surface area contributed by atoms with Crippen LogP contribution in [-0.4, -0.2) is 19.9 Å². The standard InChI is InChI=1S/C42H28N4/c1-2-6-28(7-3-1)37-20-18-30-14-16-32(25-39(30)45-37)33-17-15-31-19-21-38(46-40(31)26-33)29-12-10-27(11-13-29)36-24-34-8-4-22-43-41(34)42-35(36)9-5-23-44-42/h1-15,17-26,32H,16H2. The molecule has 4 aromatic heterocycles. The Balaban J connectivity index is 1.05. The van der Waals surface area contributed by atoms with Gasteiger partial charge in [-0.2, -0.15) is 0 Å². The maximum Gasteiger partial charge on any atom is 0.0970 e. The first-order valence-corrected chi connectivity index (χ1v) is 15.7. The summed E-state index contributed by atoms with van der Waals surface area (Å²) >= 11 is 0. The number of pyridine rings is 4. The Bertz CT molecular complexity index is 2560. The smallest absolute Gasteiger partial charge is 0.0970 e. The maximum atomic E-state index is 5.13. The van der Waals surface area contributed by atoms with Crippen molar-refractivity contribution in [2.75, 3.05) is 0 Å². The zero-order chi connectivity index (χ0) is 30.5. The van der Waals surface area contributed by atoms with Gasteiger partial charge >= 0.3 is 0 Å². The first kappa shape index (κ1) is 26.4. The van der Waals surface area contributed by atoms with Gasteiger partial charge in [-0.25, -0.2) is 9.97 Å². The second-order valence-corrected chi connectivity index (χ2v) is 11.9. The SMILES string of the molecule is C1=c2ccc(-c3ccccc3)nc2=CC(c2ccc3ccc(-c4ccc(-c5cc6cccnc6c6ncccc56)cc4)nc3c2)C1. The van der Waals surface area contributed by atoms with Crippen molar-refractivity contribution in [2.24, 2.45) is 0 Å². The monoisotopic (exact) mass is 588 g/mol. The summed E-state index contributed by atoms with van der Waals surface area (Å²) < 4.78 is 0. The predicted molar refractivity (Wildman–Crippen MR) is 188 cm³/mol. The topological polar surface area (TPSA) is 51.6 Å². The van der Waals surface area contributed by atoms with Gasteiger partial charge in [-0.15, -0.1) is 0 Å². The summed E-state index contributed by atoms with van der Waals surface area (Å²) in [4.78, 5) is 19.4. The Kier molecular flexibility index (Phi) is 6.24. The Labute approximate surface area is 266 Å². The van der Waals surface area contributed by atoms with E-state index in [1.165, 1.54) is 10.8 Å². The molecule has 4 nitrogen and oxygen atoms in total. The second kappa shape index (κ2) is 10.9. The predicted octanol–water partition coefficient (Wildman–Crippen LogP) is 8.48. The average molecular weight is 589 g/mol. The average Bonchev–Trinajstić information content (AvgIpc) is 3.14. The third-order valence-electron chi connectivity index (χ3n) is 9.07. The number of hydrogen-bond acceptors (Lipinski definition) is 4. The van der Waals surface area contributed by atoms with Gasteiger partial charge in [-0.05, 0) is 64.7 Å². The molecule has 0 spiro atoms. The molecule has 0 saturated heterocycles. The van der Waals surface area contributed by atoms with Gasteiger partial charge in [0.15, 0.2) is 0 Å². The number of aromatic nitrogens is 4. The van der Waals surface area contributed by atoms with E-state index in [2.05, 4.69) is 131 Å². The van der Waals surface area contributed by atoms with E-state index in [1.807, 2.05) is 30.6 Å². The molecule has 4 heteroatoms. The Morgan fingerprint density at radius 1 is 0.543 bits per heavy atom. The van der Waals surface area contributed by atoms with Crippen molar-refractivity contribution in [1.82, 2.24) is 19.9 Å². The molecular formula is C42H28N4. The lowest BCUT2D eigenvalue weighted by atomic mass is 9.91. The van der Waals surface area contributed by atoms with E-state index in [9.17, 15) is 0 Å². The van der Waals surface area contributed by atoms with E-state index in [-0.39, 0.29) is 5.92 Å². The van der Waals surface area contributed by atoms with Gasteiger partial charge in [0.25, 0.3) is 0 Å². The van der Waals surface area contributed by atoms with Crippen LogP contribution in [0.5, 0.6) is 0 Å². The summed E-state index contributed by atoms with van der Waals surface area (Å²) in [6.45, 7) is 0. The lowest BCUT2D eigenvalue weighted by molar-refractivity contribution is 0.912. The molecule has 1 unspecified atom stereocenters. The molecule has 8 aromatic rings. The van der Waals surface area contributed by atoms with Crippen LogP contribution in [0.4, 0.5) is 0 Å². The molecule has 0 aliphatic heterocycles. The van der Waals surface area contributed by atoms with E-state index in [1.54, 1.807) is 0 Å². The number of fused-ring (bicyclic) bond motifs is 5. The minimum atomic E-state index is 0.252. The minimum absolute atomic E-state index is 0.252. The molecule has 46 heavy (non-hydrogen) atoms. The first-order valence-electron chi connectivity index (χ1n) is 15.7. The molecule has 0 N–H and O–H groups in total. The molecule has 0 amide bonds. The van der Waals surface area contributed by atoms with Crippen LogP contribution in [0.1, 0.15) is 17.9 Å². The van der Waals surface area contributed by atoms with Crippen LogP contribution in [0.25, 0.3) is 78.5 Å². The summed E-state index contributed by atoms with van der Waals surface area (Å²) in [5, 5.41) is 5.57. The van der Waals surface area contributed by atoms with E-state index >= 15 is 0 Å². The largest absolute Gasteiger partial charge is 0.254 e. The molecule has 1 aliphatic carbocycles. The van der Waals surface area contributed by atoms with Gasteiger partial charge in [0.05, 0.1) is 33.3 Å². The van der Waals surface area contributed by atoms with E-state index in [0.717, 1.165) is 78.1 Å². The van der Waals surface area contributed by atoms with Crippen molar-refractivity contribution >= 4 is 44.9 Å². The fourth-order valence-corrected chi connectivity index (χ4v) is 6.67. The second-order valence-electron chi connectivity index (χ2n) is 11.9. The Morgan fingerprint density at radius 3 is 2.17 bits per heavy atom. The fourth-order valence-electron chi connectivity index (χ4n) is 6.67. The summed E-state index contributed by atoms with van der Waals surface area (Å²) in [5.74, 6) is 0.252. The highest BCUT2D eigenvalue weighted by Gasteiger charge is 2.14. The molecular weight excluding hydrogens is 560 g/mol. The molecule has 0 radical (unpaired) electrons. The highest BCUT2D eigenvalue weighted by molar-refractivity contribution is 6.10. The van der Waals surface area contributed by atoms with Crippen molar-refractivity contribution in [3.05, 3.63) is 156 Å². The van der Waals surface area contributed by atoms with Crippen LogP contribution in [-0.2, 0) is 0 Å². The van der Waals surface area contributed by atoms with Gasteiger partial charge < -0.3 is 0 Å². The van der Waals surface area contributed by atoms with Crippen LogP contribution in [0, 0.1) is 0 Å². The number of nitrogens with zero attached hydrogens (tertiary/aromatic N) is 4.